The molecule has 34 heavy (non-hydrogen) atoms. The second-order valence-corrected chi connectivity index (χ2v) is 8.60. The van der Waals surface area contributed by atoms with Gasteiger partial charge in [0.05, 0.1) is 24.9 Å². The smallest absolute Gasteiger partial charge is 0.216 e. The van der Waals surface area contributed by atoms with Gasteiger partial charge >= 0.3 is 0 Å². The number of aromatic amines is 1. The third kappa shape index (κ3) is 3.96. The van der Waals surface area contributed by atoms with Gasteiger partial charge in [-0.15, -0.1) is 0 Å². The predicted molar refractivity (Wildman–Crippen MR) is 129 cm³/mol. The van der Waals surface area contributed by atoms with Crippen LogP contribution in [0, 0.1) is 0 Å². The Bertz CT molecular complexity index is 1490. The number of nitrogens with one attached hydrogen (secondary N) is 1. The Hall–Kier alpha value is -4.26. The molecule has 6 rings (SSSR count). The maximum absolute atomic E-state index is 13.0. The summed E-state index contributed by atoms with van der Waals surface area (Å²) in [5, 5.41) is 12.6. The minimum Gasteiger partial charge on any atom is -0.477 e. The number of ether oxygens (including phenoxy) is 1. The summed E-state index contributed by atoms with van der Waals surface area (Å²) >= 11 is 0. The summed E-state index contributed by atoms with van der Waals surface area (Å²) in [5.41, 5.74) is 6.51. The molecule has 168 valence electrons. The zero-order valence-electron chi connectivity index (χ0n) is 18.6. The number of ketones is 1. The highest BCUT2D eigenvalue weighted by Crippen LogP contribution is 2.30. The van der Waals surface area contributed by atoms with E-state index >= 15 is 0 Å². The van der Waals surface area contributed by atoms with Crippen molar-refractivity contribution in [3.05, 3.63) is 95.6 Å². The van der Waals surface area contributed by atoms with Crippen molar-refractivity contribution in [1.29, 1.82) is 0 Å². The van der Waals surface area contributed by atoms with Gasteiger partial charge in [-0.1, -0.05) is 36.4 Å². The maximum Gasteiger partial charge on any atom is 0.216 e. The van der Waals surface area contributed by atoms with E-state index in [0.29, 0.717) is 12.2 Å². The molecule has 2 aromatic carbocycles. The van der Waals surface area contributed by atoms with Crippen LogP contribution in [-0.4, -0.2) is 37.4 Å². The van der Waals surface area contributed by atoms with Crippen molar-refractivity contribution < 1.29 is 9.53 Å². The Morgan fingerprint density at radius 3 is 2.85 bits per heavy atom. The Labute approximate surface area is 196 Å². The number of Topliss-reactive ketones (excluding diaryl/α,β-unsaturated/α-hetero) is 1. The van der Waals surface area contributed by atoms with Gasteiger partial charge in [-0.05, 0) is 47.7 Å². The Morgan fingerprint density at radius 1 is 1.03 bits per heavy atom. The average molecular weight is 450 g/mol. The van der Waals surface area contributed by atoms with Gasteiger partial charge in [0.2, 0.25) is 5.88 Å². The molecular formula is C27H23N5O2. The molecule has 1 N–H and O–H groups in total. The summed E-state index contributed by atoms with van der Waals surface area (Å²) in [6.07, 6.45) is 7.74. The van der Waals surface area contributed by atoms with Crippen LogP contribution < -0.4 is 4.74 Å². The van der Waals surface area contributed by atoms with Crippen LogP contribution in [0.1, 0.15) is 33.6 Å². The van der Waals surface area contributed by atoms with E-state index in [4.69, 9.17) is 4.74 Å². The summed E-state index contributed by atoms with van der Waals surface area (Å²) in [4.78, 5) is 17.5. The van der Waals surface area contributed by atoms with Crippen molar-refractivity contribution in [2.45, 2.75) is 25.8 Å². The molecule has 5 aromatic rings. The highest BCUT2D eigenvalue weighted by atomic mass is 16.5. The van der Waals surface area contributed by atoms with E-state index in [1.54, 1.807) is 6.20 Å². The molecule has 0 amide bonds. The lowest BCUT2D eigenvalue weighted by molar-refractivity contribution is 0.0989. The first-order valence-electron chi connectivity index (χ1n) is 11.4. The lowest BCUT2D eigenvalue weighted by atomic mass is 10.0. The number of hydrogen-bond donors (Lipinski definition) is 1. The summed E-state index contributed by atoms with van der Waals surface area (Å²) in [5.74, 6) is 0.698. The molecule has 0 aliphatic carbocycles. The van der Waals surface area contributed by atoms with Gasteiger partial charge in [0.25, 0.3) is 0 Å². The predicted octanol–water partition coefficient (Wildman–Crippen LogP) is 4.62. The molecule has 7 heteroatoms. The quantitative estimate of drug-likeness (QED) is 0.382. The normalized spacial score (nSPS) is 12.9. The number of aromatic nitrogens is 5. The lowest BCUT2D eigenvalue weighted by Crippen LogP contribution is -2.09. The van der Waals surface area contributed by atoms with Crippen LogP contribution in [0.5, 0.6) is 5.88 Å². The van der Waals surface area contributed by atoms with Gasteiger partial charge in [0.1, 0.15) is 5.69 Å². The fraction of sp³-hybridized carbons (Fsp3) is 0.185. The minimum atomic E-state index is -0.0362. The van der Waals surface area contributed by atoms with E-state index in [1.165, 1.54) is 5.56 Å². The van der Waals surface area contributed by atoms with Crippen LogP contribution in [0.2, 0.25) is 0 Å². The molecule has 0 atom stereocenters. The number of carbonyl (C=O) groups is 1. The van der Waals surface area contributed by atoms with Crippen LogP contribution in [-0.2, 0) is 19.4 Å². The van der Waals surface area contributed by atoms with E-state index in [0.717, 1.165) is 58.5 Å². The Balaban J connectivity index is 1.20. The molecule has 4 heterocycles. The second kappa shape index (κ2) is 8.59. The molecule has 7 nitrogen and oxygen atoms in total. The molecule has 0 saturated heterocycles. The van der Waals surface area contributed by atoms with Gasteiger partial charge in [-0.25, -0.2) is 4.98 Å². The highest BCUT2D eigenvalue weighted by Gasteiger charge is 2.17. The summed E-state index contributed by atoms with van der Waals surface area (Å²) in [6.45, 7) is 1.40. The van der Waals surface area contributed by atoms with E-state index in [9.17, 15) is 4.79 Å². The zero-order valence-corrected chi connectivity index (χ0v) is 18.6. The maximum atomic E-state index is 13.0. The first-order chi connectivity index (χ1) is 16.7. The first kappa shape index (κ1) is 20.4. The molecule has 1 aliphatic heterocycles. The van der Waals surface area contributed by atoms with Crippen molar-refractivity contribution >= 4 is 16.7 Å². The number of benzene rings is 2. The number of hydrogen-bond acceptors (Lipinski definition) is 5. The number of fused-ring (bicyclic) bond motifs is 2. The molecule has 0 unspecified atom stereocenters. The van der Waals surface area contributed by atoms with Crippen LogP contribution >= 0.6 is 0 Å². The molecule has 0 radical (unpaired) electrons. The summed E-state index contributed by atoms with van der Waals surface area (Å²) in [7, 11) is 0. The first-order valence-corrected chi connectivity index (χ1v) is 11.4. The van der Waals surface area contributed by atoms with Crippen molar-refractivity contribution in [3.8, 4) is 17.0 Å². The number of carbonyl (C=O) groups excluding carboxylic acids is 1. The minimum absolute atomic E-state index is 0.0362. The number of aryl methyl sites for hydroxylation is 1. The van der Waals surface area contributed by atoms with Crippen molar-refractivity contribution in [3.63, 3.8) is 0 Å². The number of pyridine rings is 1. The second-order valence-electron chi connectivity index (χ2n) is 8.60. The van der Waals surface area contributed by atoms with Crippen molar-refractivity contribution in [2.75, 3.05) is 6.61 Å². The lowest BCUT2D eigenvalue weighted by Gasteiger charge is -2.16. The fourth-order valence-corrected chi connectivity index (χ4v) is 4.43. The molecule has 0 spiro atoms. The van der Waals surface area contributed by atoms with Crippen molar-refractivity contribution in [2.24, 2.45) is 0 Å². The average Bonchev–Trinajstić information content (AvgIpc) is 3.50. The van der Waals surface area contributed by atoms with Crippen LogP contribution in [0.4, 0.5) is 0 Å². The summed E-state index contributed by atoms with van der Waals surface area (Å²) in [6, 6.07) is 18.3. The largest absolute Gasteiger partial charge is 0.477 e. The van der Waals surface area contributed by atoms with E-state index in [1.807, 2.05) is 53.5 Å². The molecule has 0 bridgehead atoms. The molecule has 0 saturated carbocycles. The third-order valence-electron chi connectivity index (χ3n) is 6.15. The Kier molecular flexibility index (Phi) is 5.14. The van der Waals surface area contributed by atoms with Gasteiger partial charge in [0, 0.05) is 35.3 Å². The fourth-order valence-electron chi connectivity index (χ4n) is 4.43. The van der Waals surface area contributed by atoms with Gasteiger partial charge in [0.15, 0.2) is 5.78 Å². The number of nitrogens with zero attached hydrogens (tertiary/aromatic N) is 4. The highest BCUT2D eigenvalue weighted by molar-refractivity contribution is 6.07. The van der Waals surface area contributed by atoms with Crippen LogP contribution in [0.25, 0.3) is 22.0 Å². The summed E-state index contributed by atoms with van der Waals surface area (Å²) < 4.78 is 7.48. The third-order valence-corrected chi connectivity index (χ3v) is 6.15. The van der Waals surface area contributed by atoms with E-state index < -0.39 is 0 Å². The zero-order chi connectivity index (χ0) is 22.9. The molecule has 0 fully saturated rings. The van der Waals surface area contributed by atoms with Gasteiger partial charge < -0.3 is 4.74 Å². The molecule has 3 aromatic heterocycles. The van der Waals surface area contributed by atoms with E-state index in [2.05, 4.69) is 38.5 Å². The van der Waals surface area contributed by atoms with E-state index in [-0.39, 0.29) is 12.2 Å². The monoisotopic (exact) mass is 449 g/mol. The molecular weight excluding hydrogens is 426 g/mol. The molecule has 1 aliphatic rings. The number of H-pyrrole nitrogens is 1. The standard InChI is InChI=1S/C27H23N5O2/c33-25(11-19-14-29-32(17-19)16-18-5-2-1-3-6-18)26-23-9-8-20(13-24(23)30-31-26)22-12-21-7-4-10-34-27(21)28-15-22/h1-3,5-6,8-9,12-15,17H,4,7,10-11,16H2,(H,30,31). The SMILES string of the molecule is O=C(Cc1cnn(Cc2ccccc2)c1)c1n[nH]c2cc(-c3cnc4c(c3)CCCO4)ccc12. The topological polar surface area (TPSA) is 85.7 Å². The van der Waals surface area contributed by atoms with Crippen LogP contribution in [0.15, 0.2) is 73.2 Å². The van der Waals surface area contributed by atoms with Gasteiger partial charge in [-0.3, -0.25) is 14.6 Å². The van der Waals surface area contributed by atoms with Gasteiger partial charge in [-0.2, -0.15) is 10.2 Å². The van der Waals surface area contributed by atoms with Crippen LogP contribution in [0.3, 0.4) is 0 Å². The number of rotatable bonds is 6. The Morgan fingerprint density at radius 2 is 1.94 bits per heavy atom. The van der Waals surface area contributed by atoms with Crippen molar-refractivity contribution in [1.82, 2.24) is 25.0 Å².